The van der Waals surface area contributed by atoms with Gasteiger partial charge in [-0.25, -0.2) is 18.4 Å². The van der Waals surface area contributed by atoms with Crippen LogP contribution in [0.4, 0.5) is 36.2 Å². The highest BCUT2D eigenvalue weighted by molar-refractivity contribution is 7.91. The van der Waals surface area contributed by atoms with Crippen LogP contribution in [0.2, 0.25) is 0 Å². The Morgan fingerprint density at radius 1 is 0.897 bits per heavy atom. The second kappa shape index (κ2) is 8.08. The lowest BCUT2D eigenvalue weighted by Gasteiger charge is -2.11. The molecule has 6 nitrogen and oxygen atoms in total. The fourth-order valence-corrected chi connectivity index (χ4v) is 3.42. The third-order valence-electron chi connectivity index (χ3n) is 3.97. The first-order chi connectivity index (χ1) is 13.7. The lowest BCUT2D eigenvalue weighted by Crippen LogP contribution is -2.05. The van der Waals surface area contributed by atoms with Crippen LogP contribution in [-0.2, 0) is 16.0 Å². The van der Waals surface area contributed by atoms with Gasteiger partial charge in [-0.1, -0.05) is 19.1 Å². The number of nitrogens with one attached hydrogen (secondary N) is 2. The Morgan fingerprint density at radius 3 is 2.07 bits per heavy atom. The summed E-state index contributed by atoms with van der Waals surface area (Å²) in [5.74, 6) is 0.606. The minimum absolute atomic E-state index is 0.0188. The fourth-order valence-electron chi connectivity index (χ4n) is 2.50. The zero-order valence-electron chi connectivity index (χ0n) is 15.2. The molecule has 152 valence electrons. The predicted octanol–water partition coefficient (Wildman–Crippen LogP) is 4.78. The van der Waals surface area contributed by atoms with Crippen LogP contribution in [0.25, 0.3) is 0 Å². The van der Waals surface area contributed by atoms with Crippen LogP contribution >= 0.6 is 0 Å². The zero-order valence-corrected chi connectivity index (χ0v) is 16.1. The van der Waals surface area contributed by atoms with Gasteiger partial charge in [-0.3, -0.25) is 0 Å². The van der Waals surface area contributed by atoms with E-state index in [1.54, 1.807) is 19.1 Å². The molecule has 0 unspecified atom stereocenters. The molecule has 1 heterocycles. The van der Waals surface area contributed by atoms with Crippen LogP contribution in [0.5, 0.6) is 0 Å². The summed E-state index contributed by atoms with van der Waals surface area (Å²) in [5.41, 5.74) is -0.0485. The van der Waals surface area contributed by atoms with Crippen LogP contribution in [0.1, 0.15) is 12.5 Å². The number of nitrogens with zero attached hydrogens (tertiary/aromatic N) is 2. The average Bonchev–Trinajstić information content (AvgIpc) is 2.68. The standard InChI is InChI=1S/C19H17F3N4O2S/c1-2-29(27,28)16-8-4-7-15(10-16)26-18-11-17(23-12-24-18)25-14-6-3-5-13(9-14)19(20,21)22/h3-12H,2H2,1H3,(H2,23,24,25,26). The normalized spacial score (nSPS) is 11.9. The summed E-state index contributed by atoms with van der Waals surface area (Å²) in [4.78, 5) is 8.23. The van der Waals surface area contributed by atoms with E-state index in [1.165, 1.54) is 36.7 Å². The molecule has 29 heavy (non-hydrogen) atoms. The van der Waals surface area contributed by atoms with Crippen molar-refractivity contribution in [3.63, 3.8) is 0 Å². The van der Waals surface area contributed by atoms with Crippen LogP contribution in [0.15, 0.2) is 65.8 Å². The number of aromatic nitrogens is 2. The van der Waals surface area contributed by atoms with Gasteiger partial charge in [0.05, 0.1) is 16.2 Å². The maximum Gasteiger partial charge on any atom is 0.416 e. The number of benzene rings is 2. The highest BCUT2D eigenvalue weighted by Gasteiger charge is 2.30. The van der Waals surface area contributed by atoms with E-state index in [-0.39, 0.29) is 22.2 Å². The van der Waals surface area contributed by atoms with Gasteiger partial charge in [-0.2, -0.15) is 13.2 Å². The molecule has 3 rings (SSSR count). The highest BCUT2D eigenvalue weighted by Crippen LogP contribution is 2.31. The molecule has 0 bridgehead atoms. The first kappa shape index (κ1) is 20.6. The van der Waals surface area contributed by atoms with Crippen molar-refractivity contribution in [2.75, 3.05) is 16.4 Å². The van der Waals surface area contributed by atoms with Crippen molar-refractivity contribution in [1.82, 2.24) is 9.97 Å². The molecule has 0 radical (unpaired) electrons. The molecule has 10 heteroatoms. The molecule has 0 amide bonds. The lowest BCUT2D eigenvalue weighted by molar-refractivity contribution is -0.137. The largest absolute Gasteiger partial charge is 0.416 e. The number of sulfone groups is 1. The van der Waals surface area contributed by atoms with Gasteiger partial charge in [0.2, 0.25) is 0 Å². The third kappa shape index (κ3) is 5.23. The molecular weight excluding hydrogens is 405 g/mol. The maximum atomic E-state index is 12.8. The van der Waals surface area contributed by atoms with Gasteiger partial charge in [0.25, 0.3) is 0 Å². The number of hydrogen-bond acceptors (Lipinski definition) is 6. The van der Waals surface area contributed by atoms with Crippen LogP contribution < -0.4 is 10.6 Å². The molecule has 0 saturated carbocycles. The van der Waals surface area contributed by atoms with Gasteiger partial charge in [-0.05, 0) is 36.4 Å². The van der Waals surface area contributed by atoms with E-state index >= 15 is 0 Å². The third-order valence-corrected chi connectivity index (χ3v) is 5.71. The van der Waals surface area contributed by atoms with Crippen LogP contribution in [0.3, 0.4) is 0 Å². The summed E-state index contributed by atoms with van der Waals surface area (Å²) < 4.78 is 62.6. The van der Waals surface area contributed by atoms with E-state index < -0.39 is 21.6 Å². The van der Waals surface area contributed by atoms with Crippen molar-refractivity contribution in [2.45, 2.75) is 18.0 Å². The number of alkyl halides is 3. The van der Waals surface area contributed by atoms with Crippen molar-refractivity contribution in [2.24, 2.45) is 0 Å². The average molecular weight is 422 g/mol. The molecule has 0 saturated heterocycles. The Bertz CT molecular complexity index is 1120. The molecule has 1 aromatic heterocycles. The van der Waals surface area contributed by atoms with Gasteiger partial charge in [0, 0.05) is 17.4 Å². The summed E-state index contributed by atoms with van der Waals surface area (Å²) in [7, 11) is -3.36. The number of rotatable bonds is 6. The van der Waals surface area contributed by atoms with E-state index in [0.717, 1.165) is 12.1 Å². The molecule has 0 atom stereocenters. The Balaban J connectivity index is 1.80. The molecule has 3 aromatic rings. The van der Waals surface area contributed by atoms with Crippen LogP contribution in [0, 0.1) is 0 Å². The van der Waals surface area contributed by atoms with Gasteiger partial charge in [-0.15, -0.1) is 0 Å². The minimum atomic E-state index is -4.44. The Labute approximate surface area is 165 Å². The molecule has 0 spiro atoms. The van der Waals surface area contributed by atoms with E-state index in [4.69, 9.17) is 0 Å². The number of hydrogen-bond donors (Lipinski definition) is 2. The predicted molar refractivity (Wildman–Crippen MR) is 104 cm³/mol. The number of halogens is 3. The molecule has 0 fully saturated rings. The summed E-state index contributed by atoms with van der Waals surface area (Å²) in [5, 5.41) is 5.77. The van der Waals surface area contributed by atoms with E-state index in [2.05, 4.69) is 20.6 Å². The van der Waals surface area contributed by atoms with Crippen molar-refractivity contribution >= 4 is 32.8 Å². The molecular formula is C19H17F3N4O2S. The molecule has 0 aliphatic carbocycles. The van der Waals surface area contributed by atoms with E-state index in [0.29, 0.717) is 11.5 Å². The molecule has 0 aliphatic heterocycles. The first-order valence-electron chi connectivity index (χ1n) is 8.53. The van der Waals surface area contributed by atoms with Crippen molar-refractivity contribution in [3.05, 3.63) is 66.5 Å². The van der Waals surface area contributed by atoms with Gasteiger partial charge < -0.3 is 10.6 Å². The minimum Gasteiger partial charge on any atom is -0.340 e. The summed E-state index contributed by atoms with van der Waals surface area (Å²) in [6.07, 6.45) is -3.20. The van der Waals surface area contributed by atoms with Crippen molar-refractivity contribution < 1.29 is 21.6 Å². The van der Waals surface area contributed by atoms with Gasteiger partial charge >= 0.3 is 6.18 Å². The molecule has 2 aromatic carbocycles. The Hall–Kier alpha value is -3.14. The lowest BCUT2D eigenvalue weighted by atomic mass is 10.2. The number of anilines is 4. The van der Waals surface area contributed by atoms with E-state index in [9.17, 15) is 21.6 Å². The SMILES string of the molecule is CCS(=O)(=O)c1cccc(Nc2cc(Nc3cccc(C(F)(F)F)c3)ncn2)c1. The quantitative estimate of drug-likeness (QED) is 0.595. The highest BCUT2D eigenvalue weighted by atomic mass is 32.2. The fraction of sp³-hybridized carbons (Fsp3) is 0.158. The maximum absolute atomic E-state index is 12.8. The van der Waals surface area contributed by atoms with Crippen molar-refractivity contribution in [1.29, 1.82) is 0 Å². The Morgan fingerprint density at radius 2 is 1.48 bits per heavy atom. The smallest absolute Gasteiger partial charge is 0.340 e. The van der Waals surface area contributed by atoms with E-state index in [1.807, 2.05) is 0 Å². The first-order valence-corrected chi connectivity index (χ1v) is 10.2. The summed E-state index contributed by atoms with van der Waals surface area (Å²) >= 11 is 0. The summed E-state index contributed by atoms with van der Waals surface area (Å²) in [6, 6.07) is 12.5. The topological polar surface area (TPSA) is 84.0 Å². The summed E-state index contributed by atoms with van der Waals surface area (Å²) in [6.45, 7) is 1.56. The second-order valence-electron chi connectivity index (χ2n) is 6.05. The van der Waals surface area contributed by atoms with Gasteiger partial charge in [0.15, 0.2) is 9.84 Å². The molecule has 0 aliphatic rings. The molecule has 2 N–H and O–H groups in total. The Kier molecular flexibility index (Phi) is 5.73. The second-order valence-corrected chi connectivity index (χ2v) is 8.33. The zero-order chi connectivity index (χ0) is 21.1. The van der Waals surface area contributed by atoms with Gasteiger partial charge in [0.1, 0.15) is 18.0 Å². The van der Waals surface area contributed by atoms with Crippen molar-refractivity contribution in [3.8, 4) is 0 Å². The monoisotopic (exact) mass is 422 g/mol. The van der Waals surface area contributed by atoms with Crippen LogP contribution in [-0.4, -0.2) is 24.1 Å².